The van der Waals surface area contributed by atoms with E-state index in [9.17, 15) is 43.2 Å². The molecule has 0 fully saturated rings. The summed E-state index contributed by atoms with van der Waals surface area (Å²) in [6, 6.07) is 0. The van der Waals surface area contributed by atoms with Crippen LogP contribution in [-0.4, -0.2) is 96.7 Å². The topological polar surface area (TPSA) is 237 Å². The van der Waals surface area contributed by atoms with Crippen molar-refractivity contribution >= 4 is 39.5 Å². The van der Waals surface area contributed by atoms with Gasteiger partial charge in [-0.15, -0.1) is 0 Å². The van der Waals surface area contributed by atoms with Crippen molar-refractivity contribution < 1.29 is 80.2 Å². The van der Waals surface area contributed by atoms with Gasteiger partial charge in [-0.1, -0.05) is 338 Å². The van der Waals surface area contributed by atoms with Gasteiger partial charge in [-0.25, -0.2) is 9.13 Å². The molecule has 0 aromatic rings. The Labute approximate surface area is 588 Å². The SMILES string of the molecule is CC(C)CCCCCCCCCCCCCCCCCC(=O)O[C@H](COC(=O)CCCCCCCCCCCCCC(C)C)COP(=O)(O)OCC(O)COP(=O)(O)OC[C@@H](COC(=O)CCCCCCCCCC(C)C)OC(=O)CCCCCCCCCCCCCC(C)C. The lowest BCUT2D eigenvalue weighted by Crippen LogP contribution is -2.30. The summed E-state index contributed by atoms with van der Waals surface area (Å²) in [5.41, 5.74) is 0. The Balaban J connectivity index is 5.25. The fourth-order valence-electron chi connectivity index (χ4n) is 11.7. The molecule has 0 rings (SSSR count). The van der Waals surface area contributed by atoms with Crippen molar-refractivity contribution in [1.29, 1.82) is 0 Å². The van der Waals surface area contributed by atoms with Gasteiger partial charge in [0, 0.05) is 25.7 Å². The van der Waals surface area contributed by atoms with Gasteiger partial charge in [-0.05, 0) is 49.4 Å². The van der Waals surface area contributed by atoms with Crippen LogP contribution in [0.3, 0.4) is 0 Å². The molecule has 0 aliphatic carbocycles. The van der Waals surface area contributed by atoms with E-state index in [2.05, 4.69) is 55.4 Å². The van der Waals surface area contributed by atoms with E-state index < -0.39 is 97.5 Å². The van der Waals surface area contributed by atoms with E-state index in [4.69, 9.17) is 37.0 Å². The van der Waals surface area contributed by atoms with E-state index in [0.717, 1.165) is 114 Å². The Morgan fingerprint density at radius 3 is 0.646 bits per heavy atom. The lowest BCUT2D eigenvalue weighted by Gasteiger charge is -2.21. The predicted molar refractivity (Wildman–Crippen MR) is 391 cm³/mol. The number of unbranched alkanes of at least 4 members (excludes halogenated alkanes) is 40. The molecule has 0 spiro atoms. The lowest BCUT2D eigenvalue weighted by atomic mass is 10.0. The van der Waals surface area contributed by atoms with Crippen LogP contribution in [0.1, 0.15) is 389 Å². The number of hydrogen-bond donors (Lipinski definition) is 3. The second-order valence-electron chi connectivity index (χ2n) is 29.7. The van der Waals surface area contributed by atoms with Gasteiger partial charge in [-0.2, -0.15) is 0 Å². The average Bonchev–Trinajstić information content (AvgIpc) is 1.57. The molecule has 0 aliphatic rings. The number of aliphatic hydroxyl groups excluding tert-OH is 1. The third-order valence-electron chi connectivity index (χ3n) is 17.8. The minimum absolute atomic E-state index is 0.105. The number of hydrogen-bond acceptors (Lipinski definition) is 15. The molecular weight excluding hydrogens is 1260 g/mol. The number of phosphoric acid groups is 2. The molecule has 0 saturated carbocycles. The van der Waals surface area contributed by atoms with E-state index in [1.54, 1.807) is 0 Å². The first-order valence-corrected chi connectivity index (χ1v) is 42.7. The highest BCUT2D eigenvalue weighted by molar-refractivity contribution is 7.47. The maximum Gasteiger partial charge on any atom is 0.472 e. The van der Waals surface area contributed by atoms with E-state index >= 15 is 0 Å². The summed E-state index contributed by atoms with van der Waals surface area (Å²) in [4.78, 5) is 72.9. The molecule has 570 valence electrons. The van der Waals surface area contributed by atoms with Crippen molar-refractivity contribution in [2.24, 2.45) is 23.7 Å². The quantitative estimate of drug-likeness (QED) is 0.0222. The highest BCUT2D eigenvalue weighted by atomic mass is 31.2. The summed E-state index contributed by atoms with van der Waals surface area (Å²) in [5.74, 6) is 0.924. The van der Waals surface area contributed by atoms with Crippen molar-refractivity contribution in [3.8, 4) is 0 Å². The second-order valence-corrected chi connectivity index (χ2v) is 32.6. The van der Waals surface area contributed by atoms with Gasteiger partial charge < -0.3 is 33.8 Å². The summed E-state index contributed by atoms with van der Waals surface area (Å²) >= 11 is 0. The number of esters is 4. The summed E-state index contributed by atoms with van der Waals surface area (Å²) < 4.78 is 68.6. The van der Waals surface area contributed by atoms with Gasteiger partial charge in [0.25, 0.3) is 0 Å². The number of aliphatic hydroxyl groups is 1. The van der Waals surface area contributed by atoms with Crippen LogP contribution in [-0.2, 0) is 65.4 Å². The van der Waals surface area contributed by atoms with Gasteiger partial charge in [0.15, 0.2) is 12.2 Å². The van der Waals surface area contributed by atoms with Crippen LogP contribution in [0.25, 0.3) is 0 Å². The molecule has 17 nitrogen and oxygen atoms in total. The first kappa shape index (κ1) is 94.1. The lowest BCUT2D eigenvalue weighted by molar-refractivity contribution is -0.161. The third-order valence-corrected chi connectivity index (χ3v) is 19.7. The predicted octanol–water partition coefficient (Wildman–Crippen LogP) is 22.4. The first-order chi connectivity index (χ1) is 46.1. The fraction of sp³-hybridized carbons (Fsp3) is 0.948. The molecule has 0 heterocycles. The molecule has 0 radical (unpaired) electrons. The smallest absolute Gasteiger partial charge is 0.462 e. The van der Waals surface area contributed by atoms with E-state index in [0.29, 0.717) is 31.6 Å². The van der Waals surface area contributed by atoms with Crippen molar-refractivity contribution in [3.05, 3.63) is 0 Å². The van der Waals surface area contributed by atoms with Crippen molar-refractivity contribution in [2.75, 3.05) is 39.6 Å². The summed E-state index contributed by atoms with van der Waals surface area (Å²) in [7, 11) is -9.92. The Hall–Kier alpha value is -1.94. The zero-order valence-corrected chi connectivity index (χ0v) is 64.8. The molecule has 5 atom stereocenters. The number of carbonyl (C=O) groups excluding carboxylic acids is 4. The molecular formula is C77H150O17P2. The minimum Gasteiger partial charge on any atom is -0.462 e. The molecule has 96 heavy (non-hydrogen) atoms. The highest BCUT2D eigenvalue weighted by Crippen LogP contribution is 2.45. The van der Waals surface area contributed by atoms with Crippen molar-refractivity contribution in [2.45, 2.75) is 408 Å². The molecule has 0 bridgehead atoms. The number of rotatable bonds is 74. The summed E-state index contributed by atoms with van der Waals surface area (Å²) in [6.45, 7) is 14.2. The Kier molecular flexibility index (Phi) is 65.0. The maximum absolute atomic E-state index is 13.1. The molecule has 0 aliphatic heterocycles. The van der Waals surface area contributed by atoms with Gasteiger partial charge in [-0.3, -0.25) is 37.3 Å². The van der Waals surface area contributed by atoms with Crippen LogP contribution in [0.5, 0.6) is 0 Å². The van der Waals surface area contributed by atoms with Gasteiger partial charge in [0.2, 0.25) is 0 Å². The van der Waals surface area contributed by atoms with Gasteiger partial charge in [0.1, 0.15) is 19.3 Å². The van der Waals surface area contributed by atoms with Gasteiger partial charge in [0.05, 0.1) is 26.4 Å². The minimum atomic E-state index is -4.96. The van der Waals surface area contributed by atoms with Crippen molar-refractivity contribution in [3.63, 3.8) is 0 Å². The van der Waals surface area contributed by atoms with E-state index in [1.165, 1.54) is 186 Å². The summed E-state index contributed by atoms with van der Waals surface area (Å²) in [6.07, 6.45) is 51.4. The van der Waals surface area contributed by atoms with E-state index in [1.807, 2.05) is 0 Å². The third kappa shape index (κ3) is 70.5. The standard InChI is InChI=1S/C77H150O17P2/c1-67(2)53-45-37-29-22-16-12-10-9-11-13-19-26-34-43-51-59-76(81)93-72(63-87-74(79)57-49-41-33-25-20-14-17-23-30-38-46-54-68(3)4)65-91-95(83,84)89-61-71(78)62-90-96(85,86)92-66-73(64-88-75(80)58-50-42-36-28-32-40-48-56-70(7)8)94-77(82)60-52-44-35-27-21-15-18-24-31-39-47-55-69(5)6/h67-73,78H,9-66H2,1-8H3,(H,83,84)(H,85,86)/t71?,72-,73-/m1/s1. The summed E-state index contributed by atoms with van der Waals surface area (Å²) in [5, 5.41) is 10.6. The molecule has 3 unspecified atom stereocenters. The zero-order valence-electron chi connectivity index (χ0n) is 63.0. The molecule has 19 heteroatoms. The van der Waals surface area contributed by atoms with Crippen LogP contribution >= 0.6 is 15.6 Å². The average molecular weight is 1410 g/mol. The highest BCUT2D eigenvalue weighted by Gasteiger charge is 2.30. The normalized spacial score (nSPS) is 14.1. The Morgan fingerprint density at radius 2 is 0.438 bits per heavy atom. The van der Waals surface area contributed by atoms with Crippen molar-refractivity contribution in [1.82, 2.24) is 0 Å². The van der Waals surface area contributed by atoms with Crippen LogP contribution in [0.15, 0.2) is 0 Å². The number of ether oxygens (including phenoxy) is 4. The fourth-order valence-corrected chi connectivity index (χ4v) is 13.3. The Bertz CT molecular complexity index is 1880. The largest absolute Gasteiger partial charge is 0.472 e. The van der Waals surface area contributed by atoms with E-state index in [-0.39, 0.29) is 25.7 Å². The number of carbonyl (C=O) groups is 4. The number of phosphoric ester groups is 2. The van der Waals surface area contributed by atoms with Crippen LogP contribution in [0, 0.1) is 23.7 Å². The molecule has 0 aromatic carbocycles. The molecule has 3 N–H and O–H groups in total. The first-order valence-electron chi connectivity index (χ1n) is 39.7. The monoisotopic (exact) mass is 1410 g/mol. The molecule has 0 amide bonds. The van der Waals surface area contributed by atoms with Crippen LogP contribution < -0.4 is 0 Å². The van der Waals surface area contributed by atoms with Gasteiger partial charge >= 0.3 is 39.5 Å². The Morgan fingerprint density at radius 1 is 0.260 bits per heavy atom. The molecule has 0 saturated heterocycles. The maximum atomic E-state index is 13.1. The van der Waals surface area contributed by atoms with Crippen LogP contribution in [0.4, 0.5) is 0 Å². The van der Waals surface area contributed by atoms with Crippen LogP contribution in [0.2, 0.25) is 0 Å². The second kappa shape index (κ2) is 66.3. The molecule has 0 aromatic heterocycles. The zero-order chi connectivity index (χ0) is 71.0.